The van der Waals surface area contributed by atoms with Gasteiger partial charge in [-0.3, -0.25) is 4.57 Å². The van der Waals surface area contributed by atoms with Crippen molar-refractivity contribution in [3.8, 4) is 11.1 Å². The number of hydrogen-bond donors (Lipinski definition) is 2. The highest BCUT2D eigenvalue weighted by molar-refractivity contribution is 5.80. The first-order valence-electron chi connectivity index (χ1n) is 10.4. The van der Waals surface area contributed by atoms with Gasteiger partial charge in [0.1, 0.15) is 0 Å². The lowest BCUT2D eigenvalue weighted by molar-refractivity contribution is 0.203. The predicted octanol–water partition coefficient (Wildman–Crippen LogP) is 2.43. The van der Waals surface area contributed by atoms with Gasteiger partial charge in [0.25, 0.3) is 0 Å². The first-order chi connectivity index (χ1) is 14.0. The lowest BCUT2D eigenvalue weighted by Gasteiger charge is -2.28. The lowest BCUT2D eigenvalue weighted by Crippen LogP contribution is -2.33. The van der Waals surface area contributed by atoms with Crippen molar-refractivity contribution in [3.05, 3.63) is 58.6 Å². The summed E-state index contributed by atoms with van der Waals surface area (Å²) in [5.74, 6) is 0.251. The van der Waals surface area contributed by atoms with Gasteiger partial charge in [-0.05, 0) is 74.1 Å². The van der Waals surface area contributed by atoms with Crippen molar-refractivity contribution in [2.75, 3.05) is 26.7 Å². The number of aromatic nitrogens is 1. The van der Waals surface area contributed by atoms with Gasteiger partial charge >= 0.3 is 5.76 Å². The molecule has 3 aromatic rings. The normalized spacial score (nSPS) is 17.1. The molecule has 1 aromatic heterocycles. The second-order valence-electron chi connectivity index (χ2n) is 8.30. The van der Waals surface area contributed by atoms with Gasteiger partial charge in [-0.2, -0.15) is 0 Å². The molecule has 4 N–H and O–H groups in total. The van der Waals surface area contributed by atoms with Gasteiger partial charge in [0.15, 0.2) is 5.58 Å². The molecule has 1 saturated heterocycles. The van der Waals surface area contributed by atoms with E-state index in [1.807, 2.05) is 16.7 Å². The Bertz CT molecular complexity index is 1010. The van der Waals surface area contributed by atoms with Crippen LogP contribution in [0.1, 0.15) is 18.4 Å². The summed E-state index contributed by atoms with van der Waals surface area (Å²) in [6, 6.07) is 14.3. The summed E-state index contributed by atoms with van der Waals surface area (Å²) in [5, 5.41) is 0. The molecule has 6 heteroatoms. The predicted molar refractivity (Wildman–Crippen MR) is 117 cm³/mol. The van der Waals surface area contributed by atoms with E-state index >= 15 is 0 Å². The second kappa shape index (κ2) is 8.53. The van der Waals surface area contributed by atoms with Gasteiger partial charge in [0, 0.05) is 19.1 Å². The standard InChI is InChI=1S/C23H30N4O2/c1-26-10-8-17(9-11-26)15-27-21-13-19(6-7-22(21)29-23(27)28)18-4-2-16(3-5-18)12-20(25)14-24/h2-7,13,17,20H,8-12,14-15,24-25H2,1H3/t20-/m0/s1. The number of hydrogen-bond acceptors (Lipinski definition) is 5. The Morgan fingerprint density at radius 1 is 1.10 bits per heavy atom. The average molecular weight is 395 g/mol. The Morgan fingerprint density at radius 3 is 2.48 bits per heavy atom. The first kappa shape index (κ1) is 19.9. The van der Waals surface area contributed by atoms with E-state index in [-0.39, 0.29) is 11.8 Å². The molecule has 1 aliphatic heterocycles. The summed E-state index contributed by atoms with van der Waals surface area (Å²) in [6.45, 7) is 3.37. The van der Waals surface area contributed by atoms with Crippen LogP contribution in [0.4, 0.5) is 0 Å². The maximum absolute atomic E-state index is 12.5. The minimum atomic E-state index is -0.262. The number of oxazole rings is 1. The molecule has 0 radical (unpaired) electrons. The summed E-state index contributed by atoms with van der Waals surface area (Å²) < 4.78 is 7.31. The van der Waals surface area contributed by atoms with Gasteiger partial charge in [-0.1, -0.05) is 30.3 Å². The van der Waals surface area contributed by atoms with Crippen LogP contribution in [0.5, 0.6) is 0 Å². The maximum Gasteiger partial charge on any atom is 0.419 e. The van der Waals surface area contributed by atoms with Crippen LogP contribution in [0.25, 0.3) is 22.2 Å². The topological polar surface area (TPSA) is 90.4 Å². The van der Waals surface area contributed by atoms with Gasteiger partial charge in [-0.15, -0.1) is 0 Å². The van der Waals surface area contributed by atoms with Gasteiger partial charge in [-0.25, -0.2) is 4.79 Å². The van der Waals surface area contributed by atoms with Crippen LogP contribution < -0.4 is 17.2 Å². The quantitative estimate of drug-likeness (QED) is 0.670. The molecular weight excluding hydrogens is 364 g/mol. The molecule has 0 spiro atoms. The maximum atomic E-state index is 12.5. The molecule has 1 atom stereocenters. The fourth-order valence-corrected chi connectivity index (χ4v) is 4.14. The molecule has 2 heterocycles. The third kappa shape index (κ3) is 4.45. The number of nitrogens with zero attached hydrogens (tertiary/aromatic N) is 2. The molecule has 1 aliphatic rings. The van der Waals surface area contributed by atoms with E-state index in [0.717, 1.165) is 55.5 Å². The summed E-state index contributed by atoms with van der Waals surface area (Å²) in [7, 11) is 2.15. The monoisotopic (exact) mass is 394 g/mol. The molecule has 0 amide bonds. The van der Waals surface area contributed by atoms with Gasteiger partial charge < -0.3 is 20.8 Å². The summed E-state index contributed by atoms with van der Waals surface area (Å²) in [6.07, 6.45) is 3.00. The van der Waals surface area contributed by atoms with Crippen molar-refractivity contribution in [1.29, 1.82) is 0 Å². The summed E-state index contributed by atoms with van der Waals surface area (Å²) in [5.41, 5.74) is 16.5. The van der Waals surface area contributed by atoms with E-state index in [4.69, 9.17) is 15.9 Å². The van der Waals surface area contributed by atoms with Crippen LogP contribution in [0.3, 0.4) is 0 Å². The number of fused-ring (bicyclic) bond motifs is 1. The Labute approximate surface area is 171 Å². The van der Waals surface area contributed by atoms with E-state index in [2.05, 4.69) is 42.3 Å². The zero-order chi connectivity index (χ0) is 20.4. The first-order valence-corrected chi connectivity index (χ1v) is 10.4. The van der Waals surface area contributed by atoms with E-state index in [1.54, 1.807) is 0 Å². The van der Waals surface area contributed by atoms with Crippen molar-refractivity contribution < 1.29 is 4.42 Å². The Hall–Kier alpha value is -2.41. The van der Waals surface area contributed by atoms with Gasteiger partial charge in [0.05, 0.1) is 5.52 Å². The fraction of sp³-hybridized carbons (Fsp3) is 0.435. The summed E-state index contributed by atoms with van der Waals surface area (Å²) in [4.78, 5) is 14.8. The van der Waals surface area contributed by atoms with Crippen LogP contribution in [0, 0.1) is 5.92 Å². The molecule has 0 unspecified atom stereocenters. The Kier molecular flexibility index (Phi) is 5.85. The molecule has 4 rings (SSSR count). The minimum Gasteiger partial charge on any atom is -0.408 e. The number of benzene rings is 2. The molecule has 0 bridgehead atoms. The molecule has 0 saturated carbocycles. The van der Waals surface area contributed by atoms with Crippen LogP contribution in [-0.2, 0) is 13.0 Å². The lowest BCUT2D eigenvalue weighted by atomic mass is 9.97. The largest absolute Gasteiger partial charge is 0.419 e. The van der Waals surface area contributed by atoms with Crippen molar-refractivity contribution in [2.24, 2.45) is 17.4 Å². The van der Waals surface area contributed by atoms with E-state index in [9.17, 15) is 4.79 Å². The number of rotatable bonds is 6. The third-order valence-electron chi connectivity index (χ3n) is 6.03. The van der Waals surface area contributed by atoms with Crippen LogP contribution in [0.15, 0.2) is 51.7 Å². The highest BCUT2D eigenvalue weighted by atomic mass is 16.4. The highest BCUT2D eigenvalue weighted by Gasteiger charge is 2.20. The fourth-order valence-electron chi connectivity index (χ4n) is 4.14. The number of likely N-dealkylation sites (tertiary alicyclic amines) is 1. The number of nitrogens with two attached hydrogens (primary N) is 2. The molecule has 29 heavy (non-hydrogen) atoms. The summed E-state index contributed by atoms with van der Waals surface area (Å²) >= 11 is 0. The smallest absolute Gasteiger partial charge is 0.408 e. The molecule has 2 aromatic carbocycles. The zero-order valence-electron chi connectivity index (χ0n) is 17.0. The van der Waals surface area contributed by atoms with E-state index in [0.29, 0.717) is 18.0 Å². The second-order valence-corrected chi connectivity index (χ2v) is 8.30. The highest BCUT2D eigenvalue weighted by Crippen LogP contribution is 2.26. The van der Waals surface area contributed by atoms with Crippen molar-refractivity contribution in [2.45, 2.75) is 31.8 Å². The molecule has 1 fully saturated rings. The Morgan fingerprint density at radius 2 is 1.79 bits per heavy atom. The molecule has 154 valence electrons. The number of piperidine rings is 1. The van der Waals surface area contributed by atoms with Gasteiger partial charge in [0.2, 0.25) is 0 Å². The minimum absolute atomic E-state index is 0.0165. The SMILES string of the molecule is CN1CCC(Cn2c(=O)oc3ccc(-c4ccc(C[C@H](N)CN)cc4)cc32)CC1. The average Bonchev–Trinajstić information content (AvgIpc) is 3.04. The molecular formula is C23H30N4O2. The van der Waals surface area contributed by atoms with Crippen molar-refractivity contribution in [1.82, 2.24) is 9.47 Å². The van der Waals surface area contributed by atoms with E-state index < -0.39 is 0 Å². The zero-order valence-corrected chi connectivity index (χ0v) is 17.0. The van der Waals surface area contributed by atoms with Crippen LogP contribution >= 0.6 is 0 Å². The van der Waals surface area contributed by atoms with Crippen molar-refractivity contribution in [3.63, 3.8) is 0 Å². The van der Waals surface area contributed by atoms with Crippen LogP contribution in [0.2, 0.25) is 0 Å². The third-order valence-corrected chi connectivity index (χ3v) is 6.03. The van der Waals surface area contributed by atoms with Crippen molar-refractivity contribution >= 4 is 11.1 Å². The molecule has 6 nitrogen and oxygen atoms in total. The van der Waals surface area contributed by atoms with Crippen LogP contribution in [-0.4, -0.2) is 42.2 Å². The molecule has 0 aliphatic carbocycles. The Balaban J connectivity index is 1.59. The van der Waals surface area contributed by atoms with E-state index in [1.165, 1.54) is 5.56 Å².